The molecule has 0 aliphatic heterocycles. The number of carbonyl (C=O) groups excluding carboxylic acids is 2. The summed E-state index contributed by atoms with van der Waals surface area (Å²) in [5, 5.41) is 10.5. The van der Waals surface area contributed by atoms with Gasteiger partial charge in [-0.15, -0.1) is 0 Å². The van der Waals surface area contributed by atoms with Crippen LogP contribution in [0.4, 0.5) is 0 Å². The van der Waals surface area contributed by atoms with Gasteiger partial charge in [0.25, 0.3) is 0 Å². The molecule has 1 aliphatic carbocycles. The molecule has 4 atom stereocenters. The van der Waals surface area contributed by atoms with Gasteiger partial charge in [0.1, 0.15) is 5.78 Å². The smallest absolute Gasteiger partial charge is 0.305 e. The molecule has 0 spiro atoms. The third kappa shape index (κ3) is 10.9. The molecule has 1 aliphatic rings. The van der Waals surface area contributed by atoms with Crippen molar-refractivity contribution in [2.75, 3.05) is 14.2 Å². The highest BCUT2D eigenvalue weighted by molar-refractivity contribution is 5.83. The Kier molecular flexibility index (Phi) is 13.7. The van der Waals surface area contributed by atoms with Crippen LogP contribution in [0.25, 0.3) is 0 Å². The quantitative estimate of drug-likeness (QED) is 0.194. The predicted molar refractivity (Wildman–Crippen MR) is 129 cm³/mol. The number of hydrogen-bond donors (Lipinski definition) is 1. The maximum absolute atomic E-state index is 12.0. The van der Waals surface area contributed by atoms with Gasteiger partial charge in [0.15, 0.2) is 0 Å². The monoisotopic (exact) mass is 450 g/mol. The number of methoxy groups -OCH3 is 2. The number of aliphatic hydroxyl groups excluding tert-OH is 1. The van der Waals surface area contributed by atoms with Crippen LogP contribution in [0.1, 0.15) is 91.4 Å². The Balaban J connectivity index is 2.35. The van der Waals surface area contributed by atoms with E-state index in [-0.39, 0.29) is 35.4 Å². The van der Waals surface area contributed by atoms with E-state index in [4.69, 9.17) is 4.74 Å². The number of rotatable bonds is 15. The molecule has 1 saturated carbocycles. The normalized spacial score (nSPS) is 23.9. The Morgan fingerprint density at radius 3 is 2.28 bits per heavy atom. The number of allylic oxidation sites excluding steroid dienone is 3. The van der Waals surface area contributed by atoms with Crippen molar-refractivity contribution in [1.29, 1.82) is 0 Å². The molecule has 0 radical (unpaired) electrons. The zero-order chi connectivity index (χ0) is 24.0. The van der Waals surface area contributed by atoms with Crippen LogP contribution in [-0.4, -0.2) is 43.3 Å². The number of carbonyl (C=O) groups is 2. The van der Waals surface area contributed by atoms with Crippen LogP contribution >= 0.6 is 0 Å². The van der Waals surface area contributed by atoms with Crippen molar-refractivity contribution >= 4 is 11.8 Å². The van der Waals surface area contributed by atoms with Crippen LogP contribution in [0.15, 0.2) is 24.3 Å². The third-order valence-electron chi connectivity index (χ3n) is 6.47. The molecule has 0 saturated heterocycles. The van der Waals surface area contributed by atoms with E-state index in [1.807, 2.05) is 20.8 Å². The van der Waals surface area contributed by atoms with E-state index in [0.29, 0.717) is 25.0 Å². The minimum atomic E-state index is -0.352. The summed E-state index contributed by atoms with van der Waals surface area (Å²) in [6.45, 7) is 5.96. The number of unbranched alkanes of at least 4 members (excludes halogenated alkanes) is 5. The number of ether oxygens (including phenoxy) is 2. The third-order valence-corrected chi connectivity index (χ3v) is 6.47. The van der Waals surface area contributed by atoms with Gasteiger partial charge in [-0.3, -0.25) is 9.59 Å². The highest BCUT2D eigenvalue weighted by atomic mass is 16.5. The number of esters is 1. The van der Waals surface area contributed by atoms with Gasteiger partial charge in [-0.1, -0.05) is 57.9 Å². The van der Waals surface area contributed by atoms with Gasteiger partial charge in [0.05, 0.1) is 19.3 Å². The molecule has 0 heterocycles. The van der Waals surface area contributed by atoms with Gasteiger partial charge in [-0.05, 0) is 44.4 Å². The van der Waals surface area contributed by atoms with Gasteiger partial charge in [-0.2, -0.15) is 0 Å². The molecule has 0 aromatic heterocycles. The fraction of sp³-hybridized carbons (Fsp3) is 0.778. The fourth-order valence-corrected chi connectivity index (χ4v) is 4.30. The van der Waals surface area contributed by atoms with E-state index in [1.54, 1.807) is 7.11 Å². The summed E-state index contributed by atoms with van der Waals surface area (Å²) < 4.78 is 10.3. The molecule has 1 rings (SSSR count). The van der Waals surface area contributed by atoms with Crippen LogP contribution in [0.5, 0.6) is 0 Å². The molecule has 5 nitrogen and oxygen atoms in total. The van der Waals surface area contributed by atoms with Crippen molar-refractivity contribution < 1.29 is 24.2 Å². The van der Waals surface area contributed by atoms with Gasteiger partial charge >= 0.3 is 5.97 Å². The lowest BCUT2D eigenvalue weighted by Gasteiger charge is -2.20. The summed E-state index contributed by atoms with van der Waals surface area (Å²) in [5.74, 6) is 0.568. The number of Topliss-reactive ketones (excluding diaryl/α,β-unsaturated/α-hetero) is 1. The van der Waals surface area contributed by atoms with Crippen molar-refractivity contribution in [2.24, 2.45) is 17.3 Å². The van der Waals surface area contributed by atoms with Crippen molar-refractivity contribution in [1.82, 2.24) is 0 Å². The van der Waals surface area contributed by atoms with Crippen molar-refractivity contribution in [3.63, 3.8) is 0 Å². The van der Waals surface area contributed by atoms with E-state index in [0.717, 1.165) is 51.4 Å². The molecule has 32 heavy (non-hydrogen) atoms. The first-order valence-corrected chi connectivity index (χ1v) is 12.3. The molecule has 5 heteroatoms. The van der Waals surface area contributed by atoms with Crippen LogP contribution < -0.4 is 0 Å². The Bertz CT molecular complexity index is 602. The zero-order valence-corrected chi connectivity index (χ0v) is 21.0. The minimum Gasteiger partial charge on any atom is -0.469 e. The summed E-state index contributed by atoms with van der Waals surface area (Å²) in [4.78, 5) is 23.1. The second kappa shape index (κ2) is 15.4. The topological polar surface area (TPSA) is 72.8 Å². The molecule has 184 valence electrons. The second-order valence-electron chi connectivity index (χ2n) is 10.0. The summed E-state index contributed by atoms with van der Waals surface area (Å²) in [6.07, 6.45) is 18.0. The lowest BCUT2D eigenvalue weighted by Crippen LogP contribution is -2.21. The minimum absolute atomic E-state index is 0.0578. The lowest BCUT2D eigenvalue weighted by atomic mass is 9.87. The summed E-state index contributed by atoms with van der Waals surface area (Å²) >= 11 is 0. The van der Waals surface area contributed by atoms with E-state index in [2.05, 4.69) is 29.0 Å². The Labute approximate surface area is 195 Å². The second-order valence-corrected chi connectivity index (χ2v) is 10.0. The van der Waals surface area contributed by atoms with E-state index in [9.17, 15) is 14.7 Å². The summed E-state index contributed by atoms with van der Waals surface area (Å²) in [5.41, 5.74) is -0.221. The fourth-order valence-electron chi connectivity index (χ4n) is 4.30. The average Bonchev–Trinajstić information content (AvgIpc) is 3.05. The molecular formula is C27H46O5. The number of ketones is 1. The largest absolute Gasteiger partial charge is 0.469 e. The Morgan fingerprint density at radius 1 is 0.938 bits per heavy atom. The van der Waals surface area contributed by atoms with Crippen molar-refractivity contribution in [3.8, 4) is 0 Å². The van der Waals surface area contributed by atoms with Gasteiger partial charge in [-0.25, -0.2) is 0 Å². The summed E-state index contributed by atoms with van der Waals surface area (Å²) in [6, 6.07) is 0. The Hall–Kier alpha value is -1.46. The van der Waals surface area contributed by atoms with E-state index in [1.165, 1.54) is 7.11 Å². The highest BCUT2D eigenvalue weighted by Gasteiger charge is 2.40. The van der Waals surface area contributed by atoms with E-state index < -0.39 is 0 Å². The molecule has 0 aromatic carbocycles. The predicted octanol–water partition coefficient (Wildman–Crippen LogP) is 5.80. The number of aliphatic hydroxyl groups is 1. The summed E-state index contributed by atoms with van der Waals surface area (Å²) in [7, 11) is 3.14. The first kappa shape index (κ1) is 28.6. The molecule has 1 fully saturated rings. The molecule has 1 unspecified atom stereocenters. The molecular weight excluding hydrogens is 404 g/mol. The molecule has 0 aromatic rings. The average molecular weight is 451 g/mol. The van der Waals surface area contributed by atoms with Crippen LogP contribution in [-0.2, 0) is 19.1 Å². The van der Waals surface area contributed by atoms with Gasteiger partial charge < -0.3 is 14.6 Å². The van der Waals surface area contributed by atoms with Crippen molar-refractivity contribution in [2.45, 2.75) is 104 Å². The maximum atomic E-state index is 12.0. The van der Waals surface area contributed by atoms with E-state index >= 15 is 0 Å². The van der Waals surface area contributed by atoms with Crippen LogP contribution in [0, 0.1) is 17.3 Å². The molecule has 0 amide bonds. The Morgan fingerprint density at radius 2 is 1.62 bits per heavy atom. The highest BCUT2D eigenvalue weighted by Crippen LogP contribution is 2.38. The van der Waals surface area contributed by atoms with Crippen LogP contribution in [0.2, 0.25) is 0 Å². The van der Waals surface area contributed by atoms with Crippen molar-refractivity contribution in [3.05, 3.63) is 24.3 Å². The zero-order valence-electron chi connectivity index (χ0n) is 21.0. The maximum Gasteiger partial charge on any atom is 0.305 e. The lowest BCUT2D eigenvalue weighted by molar-refractivity contribution is -0.140. The van der Waals surface area contributed by atoms with Gasteiger partial charge in [0.2, 0.25) is 0 Å². The van der Waals surface area contributed by atoms with Crippen LogP contribution in [0.3, 0.4) is 0 Å². The SMILES string of the molecule is COC(=O)CCCC=CCC1[C@@H](C=CCCCCCCC(=O)C(C)(C)C)[C@H](OC)C[C@@H]1O. The molecule has 1 N–H and O–H groups in total. The first-order chi connectivity index (χ1) is 15.2. The number of hydrogen-bond acceptors (Lipinski definition) is 5. The standard InChI is InChI=1S/C27H46O5/c1-27(2,3)25(29)18-14-9-7-6-8-13-17-22-21(23(28)20-24(22)31-4)16-12-10-11-15-19-26(30)32-5/h10,12-13,17,21-24,28H,6-9,11,14-16,18-20H2,1-5H3/t21?,22-,23+,24-/m1/s1. The molecule has 0 bridgehead atoms. The van der Waals surface area contributed by atoms with Gasteiger partial charge in [0, 0.05) is 37.7 Å². The first-order valence-electron chi connectivity index (χ1n) is 12.3.